The van der Waals surface area contributed by atoms with Crippen molar-refractivity contribution in [1.82, 2.24) is 24.7 Å². The molecule has 4 aromatic rings. The third-order valence-electron chi connectivity index (χ3n) is 5.33. The number of halogens is 3. The van der Waals surface area contributed by atoms with Gasteiger partial charge in [0.25, 0.3) is 5.91 Å². The van der Waals surface area contributed by atoms with Crippen LogP contribution in [-0.2, 0) is 9.53 Å². The lowest BCUT2D eigenvalue weighted by atomic mass is 10.1. The Morgan fingerprint density at radius 2 is 1.72 bits per heavy atom. The summed E-state index contributed by atoms with van der Waals surface area (Å²) in [7, 11) is 0. The fraction of sp³-hybridized carbons (Fsp3) is 0.208. The molecule has 0 spiro atoms. The summed E-state index contributed by atoms with van der Waals surface area (Å²) in [6.45, 7) is 1.40. The average Bonchev–Trinajstić information content (AvgIpc) is 3.32. The average molecular weight is 499 g/mol. The maximum Gasteiger partial charge on any atom is 0.490 e. The van der Waals surface area contributed by atoms with E-state index in [1.807, 2.05) is 36.5 Å². The van der Waals surface area contributed by atoms with E-state index in [2.05, 4.69) is 33.5 Å². The van der Waals surface area contributed by atoms with Crippen LogP contribution in [0.1, 0.15) is 22.3 Å². The molecule has 186 valence electrons. The normalized spacial score (nSPS) is 15.8. The first kappa shape index (κ1) is 24.8. The molecule has 12 heteroatoms. The van der Waals surface area contributed by atoms with Gasteiger partial charge >= 0.3 is 12.1 Å². The van der Waals surface area contributed by atoms with Crippen LogP contribution in [0.3, 0.4) is 0 Å². The first-order valence-corrected chi connectivity index (χ1v) is 10.8. The van der Waals surface area contributed by atoms with Gasteiger partial charge in [0.2, 0.25) is 0 Å². The van der Waals surface area contributed by atoms with E-state index < -0.39 is 12.1 Å². The van der Waals surface area contributed by atoms with Crippen LogP contribution in [0.15, 0.2) is 73.1 Å². The third-order valence-corrected chi connectivity index (χ3v) is 5.33. The Morgan fingerprint density at radius 1 is 1.00 bits per heavy atom. The molecule has 36 heavy (non-hydrogen) atoms. The highest BCUT2D eigenvalue weighted by atomic mass is 19.4. The number of morpholine rings is 1. The van der Waals surface area contributed by atoms with Crippen LogP contribution in [0.4, 0.5) is 13.2 Å². The minimum atomic E-state index is -5.08. The molecule has 0 radical (unpaired) electrons. The molecule has 0 saturated carbocycles. The number of pyridine rings is 2. The first-order chi connectivity index (χ1) is 17.2. The van der Waals surface area contributed by atoms with E-state index in [0.717, 1.165) is 22.3 Å². The number of fused-ring (bicyclic) bond motifs is 1. The van der Waals surface area contributed by atoms with Gasteiger partial charge in [0, 0.05) is 24.5 Å². The van der Waals surface area contributed by atoms with Crippen LogP contribution in [0.2, 0.25) is 0 Å². The molecule has 0 aliphatic carbocycles. The lowest BCUT2D eigenvalue weighted by Gasteiger charge is -2.31. The van der Waals surface area contributed by atoms with Gasteiger partial charge in [-0.15, -0.1) is 5.10 Å². The predicted octanol–water partition coefficient (Wildman–Crippen LogP) is 3.64. The Hall–Kier alpha value is -4.32. The lowest BCUT2D eigenvalue weighted by molar-refractivity contribution is -0.192. The smallest absolute Gasteiger partial charge is 0.475 e. The molecule has 1 amide bonds. The fourth-order valence-electron chi connectivity index (χ4n) is 3.59. The highest BCUT2D eigenvalue weighted by Crippen LogP contribution is 2.27. The molecule has 1 atom stereocenters. The zero-order valence-corrected chi connectivity index (χ0v) is 18.7. The van der Waals surface area contributed by atoms with Crippen molar-refractivity contribution in [1.29, 1.82) is 0 Å². The topological polar surface area (TPSA) is 110 Å². The number of carboxylic acid groups (broad SMARTS) is 1. The van der Waals surface area contributed by atoms with Gasteiger partial charge in [-0.3, -0.25) is 9.78 Å². The van der Waals surface area contributed by atoms with Gasteiger partial charge in [-0.2, -0.15) is 13.2 Å². The van der Waals surface area contributed by atoms with E-state index in [1.54, 1.807) is 27.7 Å². The molecule has 1 aliphatic rings. The molecule has 3 aromatic heterocycles. The van der Waals surface area contributed by atoms with Gasteiger partial charge in [0.1, 0.15) is 17.5 Å². The minimum Gasteiger partial charge on any atom is -0.475 e. The molecule has 1 aliphatic heterocycles. The molecule has 4 heterocycles. The Kier molecular flexibility index (Phi) is 7.25. The zero-order chi connectivity index (χ0) is 25.7. The summed E-state index contributed by atoms with van der Waals surface area (Å²) in [6.07, 6.45) is -1.82. The summed E-state index contributed by atoms with van der Waals surface area (Å²) in [6, 6.07) is 19.5. The van der Waals surface area contributed by atoms with Gasteiger partial charge in [0.05, 0.1) is 18.7 Å². The van der Waals surface area contributed by atoms with Crippen LogP contribution < -0.4 is 0 Å². The van der Waals surface area contributed by atoms with Gasteiger partial charge in [-0.05, 0) is 23.8 Å². The molecule has 0 bridgehead atoms. The van der Waals surface area contributed by atoms with Gasteiger partial charge in [-0.1, -0.05) is 47.7 Å². The number of benzene rings is 1. The second-order valence-electron chi connectivity index (χ2n) is 7.72. The van der Waals surface area contributed by atoms with E-state index in [4.69, 9.17) is 14.6 Å². The van der Waals surface area contributed by atoms with E-state index in [9.17, 15) is 18.0 Å². The monoisotopic (exact) mass is 499 g/mol. The number of nitrogens with zero attached hydrogens (tertiary/aromatic N) is 5. The third kappa shape index (κ3) is 5.66. The molecule has 5 rings (SSSR count). The van der Waals surface area contributed by atoms with E-state index in [-0.39, 0.29) is 12.0 Å². The van der Waals surface area contributed by atoms with Crippen molar-refractivity contribution in [2.75, 3.05) is 19.7 Å². The van der Waals surface area contributed by atoms with E-state index >= 15 is 0 Å². The molecule has 1 saturated heterocycles. The molecule has 1 aromatic carbocycles. The minimum absolute atomic E-state index is 0.0956. The van der Waals surface area contributed by atoms with E-state index in [1.165, 1.54) is 0 Å². The number of aliphatic carboxylic acids is 1. The number of ether oxygens (including phenoxy) is 1. The van der Waals surface area contributed by atoms with Crippen LogP contribution in [0.5, 0.6) is 0 Å². The predicted molar refractivity (Wildman–Crippen MR) is 121 cm³/mol. The number of amides is 1. The summed E-state index contributed by atoms with van der Waals surface area (Å²) in [5, 5.41) is 15.8. The molecular weight excluding hydrogens is 479 g/mol. The molecular formula is C24H20F3N5O4. The Labute approximate surface area is 202 Å². The van der Waals surface area contributed by atoms with Crippen molar-refractivity contribution in [2.24, 2.45) is 0 Å². The summed E-state index contributed by atoms with van der Waals surface area (Å²) in [5.74, 6) is -2.85. The maximum atomic E-state index is 12.7. The number of hydrogen-bond acceptors (Lipinski definition) is 6. The molecule has 1 N–H and O–H groups in total. The largest absolute Gasteiger partial charge is 0.490 e. The molecule has 1 unspecified atom stereocenters. The Morgan fingerprint density at radius 3 is 2.39 bits per heavy atom. The summed E-state index contributed by atoms with van der Waals surface area (Å²) < 4.78 is 39.4. The zero-order valence-electron chi connectivity index (χ0n) is 18.7. The molecule has 9 nitrogen and oxygen atoms in total. The number of carbonyl (C=O) groups is 2. The van der Waals surface area contributed by atoms with Crippen LogP contribution in [-0.4, -0.2) is 67.6 Å². The van der Waals surface area contributed by atoms with E-state index in [0.29, 0.717) is 25.4 Å². The number of aromatic nitrogens is 4. The first-order valence-electron chi connectivity index (χ1n) is 10.8. The number of rotatable bonds is 3. The summed E-state index contributed by atoms with van der Waals surface area (Å²) in [4.78, 5) is 27.6. The Balaban J connectivity index is 0.000000384. The number of alkyl halides is 3. The second kappa shape index (κ2) is 10.5. The quantitative estimate of drug-likeness (QED) is 0.458. The van der Waals surface area contributed by atoms with Crippen LogP contribution in [0, 0.1) is 0 Å². The van der Waals surface area contributed by atoms with Crippen LogP contribution >= 0.6 is 0 Å². The van der Waals surface area contributed by atoms with Crippen molar-refractivity contribution in [3.05, 3.63) is 84.4 Å². The Bertz CT molecular complexity index is 1350. The molecule has 1 fully saturated rings. The van der Waals surface area contributed by atoms with Gasteiger partial charge < -0.3 is 14.7 Å². The van der Waals surface area contributed by atoms with Crippen molar-refractivity contribution in [2.45, 2.75) is 12.3 Å². The number of hydrogen-bond donors (Lipinski definition) is 1. The van der Waals surface area contributed by atoms with Crippen molar-refractivity contribution < 1.29 is 32.6 Å². The van der Waals surface area contributed by atoms with Crippen molar-refractivity contribution in [3.63, 3.8) is 0 Å². The van der Waals surface area contributed by atoms with Crippen molar-refractivity contribution >= 4 is 17.4 Å². The van der Waals surface area contributed by atoms with Crippen molar-refractivity contribution in [3.8, 4) is 11.1 Å². The maximum absolute atomic E-state index is 12.7. The standard InChI is InChI=1S/C22H19N5O2.C2HF3O2/c28-22(18-8-4-5-11-23-18)26-12-13-29-20(15-26)21-19-10-9-17(14-27(19)25-24-21)16-6-2-1-3-7-16;3-2(4,5)1(6)7/h1-11,14,20H,12-13,15H2;(H,6,7). The summed E-state index contributed by atoms with van der Waals surface area (Å²) >= 11 is 0. The fourth-order valence-corrected chi connectivity index (χ4v) is 3.59. The van der Waals surface area contributed by atoms with Gasteiger partial charge in [0.15, 0.2) is 0 Å². The van der Waals surface area contributed by atoms with Gasteiger partial charge in [-0.25, -0.2) is 9.31 Å². The lowest BCUT2D eigenvalue weighted by Crippen LogP contribution is -2.42. The summed E-state index contributed by atoms with van der Waals surface area (Å²) in [5.41, 5.74) is 4.23. The number of carbonyl (C=O) groups excluding carboxylic acids is 1. The SMILES string of the molecule is O=C(O)C(F)(F)F.O=C(c1ccccn1)N1CCOC(c2nnn3cc(-c4ccccc4)ccc23)C1. The van der Waals surface area contributed by atoms with Crippen LogP contribution in [0.25, 0.3) is 16.6 Å². The highest BCUT2D eigenvalue weighted by Gasteiger charge is 2.38. The number of carboxylic acids is 1. The highest BCUT2D eigenvalue weighted by molar-refractivity contribution is 5.92. The second-order valence-corrected chi connectivity index (χ2v) is 7.72.